The second-order valence-corrected chi connectivity index (χ2v) is 7.34. The molecule has 154 valence electrons. The lowest BCUT2D eigenvalue weighted by Crippen LogP contribution is -2.46. The Bertz CT molecular complexity index is 712. The Morgan fingerprint density at radius 2 is 2.07 bits per heavy atom. The van der Waals surface area contributed by atoms with Crippen LogP contribution in [0.4, 0.5) is 5.69 Å². The highest BCUT2D eigenvalue weighted by molar-refractivity contribution is 5.96. The van der Waals surface area contributed by atoms with Gasteiger partial charge in [0.1, 0.15) is 0 Å². The molecule has 0 bridgehead atoms. The quantitative estimate of drug-likeness (QED) is 0.660. The molecule has 3 rings (SSSR count). The van der Waals surface area contributed by atoms with Crippen LogP contribution in [0.5, 0.6) is 0 Å². The summed E-state index contributed by atoms with van der Waals surface area (Å²) in [5, 5.41) is 5.73. The Morgan fingerprint density at radius 3 is 2.86 bits per heavy atom. The highest BCUT2D eigenvalue weighted by Crippen LogP contribution is 2.28. The van der Waals surface area contributed by atoms with E-state index in [1.54, 1.807) is 4.90 Å². The van der Waals surface area contributed by atoms with E-state index < -0.39 is 0 Å². The number of benzene rings is 1. The molecule has 0 aliphatic carbocycles. The second-order valence-electron chi connectivity index (χ2n) is 7.34. The number of carbonyl (C=O) groups excluding carboxylic acids is 3. The molecule has 1 saturated heterocycles. The molecule has 1 aromatic rings. The van der Waals surface area contributed by atoms with Gasteiger partial charge in [0.2, 0.25) is 17.7 Å². The average Bonchev–Trinajstić information content (AvgIpc) is 2.70. The first-order valence-corrected chi connectivity index (χ1v) is 9.73. The molecule has 2 unspecified atom stereocenters. The maximum Gasteiger partial charge on any atom is 0.227 e. The van der Waals surface area contributed by atoms with E-state index in [0.29, 0.717) is 45.4 Å². The van der Waals surface area contributed by atoms with Crippen LogP contribution in [-0.4, -0.2) is 48.8 Å². The first-order valence-electron chi connectivity index (χ1n) is 9.73. The molecule has 1 fully saturated rings. The summed E-state index contributed by atoms with van der Waals surface area (Å²) >= 11 is 0. The van der Waals surface area contributed by atoms with Crippen LogP contribution in [0.3, 0.4) is 0 Å². The maximum atomic E-state index is 12.6. The van der Waals surface area contributed by atoms with Crippen molar-refractivity contribution in [2.24, 2.45) is 17.6 Å². The number of rotatable bonds is 6. The summed E-state index contributed by atoms with van der Waals surface area (Å²) in [7, 11) is 0. The van der Waals surface area contributed by atoms with E-state index in [0.717, 1.165) is 24.1 Å². The minimum Gasteiger partial charge on any atom is -0.355 e. The summed E-state index contributed by atoms with van der Waals surface area (Å²) < 4.78 is 0. The van der Waals surface area contributed by atoms with E-state index in [-0.39, 0.29) is 42.0 Å². The van der Waals surface area contributed by atoms with Crippen molar-refractivity contribution >= 4 is 35.8 Å². The normalized spacial score (nSPS) is 21.2. The number of likely N-dealkylation sites (tertiary alicyclic amines) is 1. The number of hydrogen-bond donors (Lipinski definition) is 3. The summed E-state index contributed by atoms with van der Waals surface area (Å²) in [6, 6.07) is 7.78. The van der Waals surface area contributed by atoms with E-state index >= 15 is 0 Å². The van der Waals surface area contributed by atoms with Crippen molar-refractivity contribution in [2.75, 3.05) is 31.5 Å². The lowest BCUT2D eigenvalue weighted by atomic mass is 9.89. The number of nitrogens with zero attached hydrogens (tertiary/aromatic N) is 1. The monoisotopic (exact) mass is 408 g/mol. The molecule has 0 spiro atoms. The number of nitrogens with two attached hydrogens (primary N) is 1. The minimum absolute atomic E-state index is 0. The Morgan fingerprint density at radius 1 is 1.29 bits per heavy atom. The van der Waals surface area contributed by atoms with Crippen LogP contribution in [0.2, 0.25) is 0 Å². The summed E-state index contributed by atoms with van der Waals surface area (Å²) in [4.78, 5) is 38.8. The Kier molecular flexibility index (Phi) is 8.26. The van der Waals surface area contributed by atoms with E-state index in [1.807, 2.05) is 24.3 Å². The number of anilines is 1. The summed E-state index contributed by atoms with van der Waals surface area (Å²) in [6.07, 6.45) is 3.14. The summed E-state index contributed by atoms with van der Waals surface area (Å²) in [5.41, 5.74) is 7.40. The SMILES string of the molecule is Cl.NCCNC(=O)C1CCCN(C(=O)CCC2Cc3ccccc3NC2=O)C1. The fraction of sp³-hybridized carbons (Fsp3) is 0.550. The predicted octanol–water partition coefficient (Wildman–Crippen LogP) is 1.31. The van der Waals surface area contributed by atoms with Crippen LogP contribution in [0.25, 0.3) is 0 Å². The summed E-state index contributed by atoms with van der Waals surface area (Å²) in [6.45, 7) is 2.00. The maximum absolute atomic E-state index is 12.6. The van der Waals surface area contributed by atoms with Gasteiger partial charge < -0.3 is 21.3 Å². The van der Waals surface area contributed by atoms with Gasteiger partial charge in [0.15, 0.2) is 0 Å². The molecule has 3 amide bonds. The van der Waals surface area contributed by atoms with Gasteiger partial charge in [0.25, 0.3) is 0 Å². The highest BCUT2D eigenvalue weighted by atomic mass is 35.5. The Balaban J connectivity index is 0.00000280. The van der Waals surface area contributed by atoms with E-state index in [1.165, 1.54) is 0 Å². The van der Waals surface area contributed by atoms with E-state index in [9.17, 15) is 14.4 Å². The van der Waals surface area contributed by atoms with Crippen LogP contribution >= 0.6 is 12.4 Å². The molecule has 2 aliphatic heterocycles. The molecule has 28 heavy (non-hydrogen) atoms. The third-order valence-electron chi connectivity index (χ3n) is 5.41. The van der Waals surface area contributed by atoms with E-state index in [4.69, 9.17) is 5.73 Å². The van der Waals surface area contributed by atoms with Crippen molar-refractivity contribution < 1.29 is 14.4 Å². The first-order chi connectivity index (χ1) is 13.1. The fourth-order valence-electron chi connectivity index (χ4n) is 3.86. The number of piperidine rings is 1. The van der Waals surface area contributed by atoms with Crippen LogP contribution in [-0.2, 0) is 20.8 Å². The molecule has 0 aromatic heterocycles. The van der Waals surface area contributed by atoms with Crippen molar-refractivity contribution in [2.45, 2.75) is 32.1 Å². The number of carbonyl (C=O) groups is 3. The molecule has 2 atom stereocenters. The van der Waals surface area contributed by atoms with Gasteiger partial charge in [-0.15, -0.1) is 12.4 Å². The average molecular weight is 409 g/mol. The van der Waals surface area contributed by atoms with Crippen molar-refractivity contribution in [1.29, 1.82) is 0 Å². The topological polar surface area (TPSA) is 105 Å². The molecule has 0 radical (unpaired) electrons. The van der Waals surface area contributed by atoms with Crippen LogP contribution in [0.1, 0.15) is 31.2 Å². The lowest BCUT2D eigenvalue weighted by molar-refractivity contribution is -0.136. The zero-order chi connectivity index (χ0) is 19.2. The third-order valence-corrected chi connectivity index (χ3v) is 5.41. The van der Waals surface area contributed by atoms with Crippen LogP contribution in [0.15, 0.2) is 24.3 Å². The number of nitrogens with one attached hydrogen (secondary N) is 2. The molecule has 8 heteroatoms. The Labute approximate surface area is 171 Å². The van der Waals surface area contributed by atoms with Crippen LogP contribution < -0.4 is 16.4 Å². The van der Waals surface area contributed by atoms with Gasteiger partial charge in [-0.3, -0.25) is 14.4 Å². The van der Waals surface area contributed by atoms with Gasteiger partial charge in [0.05, 0.1) is 5.92 Å². The zero-order valence-corrected chi connectivity index (χ0v) is 16.8. The predicted molar refractivity (Wildman–Crippen MR) is 110 cm³/mol. The minimum atomic E-state index is -0.183. The number of amides is 3. The van der Waals surface area contributed by atoms with Gasteiger partial charge in [-0.25, -0.2) is 0 Å². The number of para-hydroxylation sites is 1. The standard InChI is InChI=1S/C20H28N4O3.ClH/c21-9-10-22-19(26)16-5-3-11-24(13-16)18(25)8-7-15-12-14-4-1-2-6-17(14)23-20(15)27;/h1-2,4,6,15-16H,3,5,7-13,21H2,(H,22,26)(H,23,27);1H. The number of halogens is 1. The molecular formula is C20H29ClN4O3. The van der Waals surface area contributed by atoms with Gasteiger partial charge >= 0.3 is 0 Å². The van der Waals surface area contributed by atoms with Crippen LogP contribution in [0, 0.1) is 11.8 Å². The van der Waals surface area contributed by atoms with Crippen molar-refractivity contribution in [3.8, 4) is 0 Å². The number of fused-ring (bicyclic) bond motifs is 1. The molecule has 2 aliphatic rings. The molecule has 2 heterocycles. The largest absolute Gasteiger partial charge is 0.355 e. The highest BCUT2D eigenvalue weighted by Gasteiger charge is 2.30. The molecule has 4 N–H and O–H groups in total. The summed E-state index contributed by atoms with van der Waals surface area (Å²) in [5.74, 6) is -0.366. The Hall–Kier alpha value is -2.12. The van der Waals surface area contributed by atoms with Gasteiger partial charge in [0, 0.05) is 44.2 Å². The van der Waals surface area contributed by atoms with Gasteiger partial charge in [-0.1, -0.05) is 18.2 Å². The fourth-order valence-corrected chi connectivity index (χ4v) is 3.86. The first kappa shape index (κ1) is 22.2. The zero-order valence-electron chi connectivity index (χ0n) is 16.0. The second kappa shape index (κ2) is 10.4. The van der Waals surface area contributed by atoms with Gasteiger partial charge in [-0.2, -0.15) is 0 Å². The van der Waals surface area contributed by atoms with Crippen molar-refractivity contribution in [1.82, 2.24) is 10.2 Å². The van der Waals surface area contributed by atoms with Crippen molar-refractivity contribution in [3.63, 3.8) is 0 Å². The molecule has 7 nitrogen and oxygen atoms in total. The van der Waals surface area contributed by atoms with Gasteiger partial charge in [-0.05, 0) is 37.3 Å². The molecule has 0 saturated carbocycles. The smallest absolute Gasteiger partial charge is 0.227 e. The third kappa shape index (κ3) is 5.45. The lowest BCUT2D eigenvalue weighted by Gasteiger charge is -2.32. The van der Waals surface area contributed by atoms with E-state index in [2.05, 4.69) is 10.6 Å². The molecule has 1 aromatic carbocycles. The van der Waals surface area contributed by atoms with Crippen molar-refractivity contribution in [3.05, 3.63) is 29.8 Å². The number of hydrogen-bond acceptors (Lipinski definition) is 4. The molecular weight excluding hydrogens is 380 g/mol.